The Bertz CT molecular complexity index is 974. The molecule has 0 amide bonds. The summed E-state index contributed by atoms with van der Waals surface area (Å²) in [6, 6.07) is 17.4. The van der Waals surface area contributed by atoms with E-state index in [0.717, 1.165) is 21.9 Å². The van der Waals surface area contributed by atoms with Crippen LogP contribution >= 0.6 is 0 Å². The van der Waals surface area contributed by atoms with Crippen LogP contribution in [0.2, 0.25) is 0 Å². The van der Waals surface area contributed by atoms with Crippen LogP contribution in [0.25, 0.3) is 10.8 Å². The lowest BCUT2D eigenvalue weighted by atomic mass is 9.79. The fraction of sp³-hybridized carbons (Fsp3) is 0.105. The lowest BCUT2D eigenvalue weighted by molar-refractivity contribution is -0.131. The van der Waals surface area contributed by atoms with Crippen molar-refractivity contribution in [2.24, 2.45) is 0 Å². The number of benzene rings is 3. The molecule has 0 saturated carbocycles. The summed E-state index contributed by atoms with van der Waals surface area (Å²) in [6.45, 7) is 0. The van der Waals surface area contributed by atoms with Gasteiger partial charge < -0.3 is 9.84 Å². The molecule has 3 aromatic rings. The normalized spacial score (nSPS) is 21.4. The summed E-state index contributed by atoms with van der Waals surface area (Å²) in [7, 11) is 0. The molecule has 0 radical (unpaired) electrons. The zero-order chi connectivity index (χ0) is 14.9. The minimum Gasteiger partial charge on any atom is -0.421 e. The molecule has 2 aliphatic rings. The number of carbonyl (C=O) groups is 1. The van der Waals surface area contributed by atoms with Crippen molar-refractivity contribution in [3.05, 3.63) is 82.4 Å². The third-order valence-corrected chi connectivity index (χ3v) is 4.68. The Balaban J connectivity index is 1.96. The summed E-state index contributed by atoms with van der Waals surface area (Å²) < 4.78 is 5.45. The van der Waals surface area contributed by atoms with Crippen LogP contribution in [0.4, 0.5) is 0 Å². The third kappa shape index (κ3) is 1.27. The molecule has 3 heteroatoms. The molecule has 1 heterocycles. The SMILES string of the molecule is O=C1OC2(O)c3ccccc3Cc3cc4ccccc4c1c32. The van der Waals surface area contributed by atoms with E-state index >= 15 is 0 Å². The van der Waals surface area contributed by atoms with E-state index in [9.17, 15) is 9.90 Å². The molecule has 1 unspecified atom stereocenters. The summed E-state index contributed by atoms with van der Waals surface area (Å²) in [5.74, 6) is -2.10. The number of fused-ring (bicyclic) bond motifs is 4. The van der Waals surface area contributed by atoms with Crippen molar-refractivity contribution in [2.45, 2.75) is 12.2 Å². The molecule has 0 saturated heterocycles. The van der Waals surface area contributed by atoms with Crippen molar-refractivity contribution >= 4 is 16.7 Å². The van der Waals surface area contributed by atoms with Gasteiger partial charge in [-0.15, -0.1) is 0 Å². The lowest BCUT2D eigenvalue weighted by Gasteiger charge is -2.31. The molecule has 5 rings (SSSR count). The second-order valence-corrected chi connectivity index (χ2v) is 5.87. The van der Waals surface area contributed by atoms with Crippen LogP contribution in [0.3, 0.4) is 0 Å². The van der Waals surface area contributed by atoms with Crippen molar-refractivity contribution in [3.63, 3.8) is 0 Å². The molecule has 1 aliphatic carbocycles. The molecule has 1 aliphatic heterocycles. The lowest BCUT2D eigenvalue weighted by Crippen LogP contribution is -2.32. The Hall–Kier alpha value is -2.65. The monoisotopic (exact) mass is 288 g/mol. The molecule has 0 fully saturated rings. The van der Waals surface area contributed by atoms with Gasteiger partial charge in [-0.3, -0.25) is 0 Å². The average Bonchev–Trinajstić information content (AvgIpc) is 2.81. The maximum absolute atomic E-state index is 12.5. The molecule has 0 spiro atoms. The number of carbonyl (C=O) groups excluding carboxylic acids is 1. The molecule has 1 N–H and O–H groups in total. The van der Waals surface area contributed by atoms with Crippen LogP contribution in [0.5, 0.6) is 0 Å². The number of hydrogen-bond acceptors (Lipinski definition) is 3. The first-order chi connectivity index (χ1) is 10.7. The summed E-state index contributed by atoms with van der Waals surface area (Å²) in [5.41, 5.74) is 3.75. The molecule has 3 aromatic carbocycles. The van der Waals surface area contributed by atoms with E-state index in [2.05, 4.69) is 6.07 Å². The van der Waals surface area contributed by atoms with Crippen LogP contribution in [-0.4, -0.2) is 11.1 Å². The predicted molar refractivity (Wildman–Crippen MR) is 81.6 cm³/mol. The van der Waals surface area contributed by atoms with Gasteiger partial charge in [0, 0.05) is 11.1 Å². The molecule has 3 nitrogen and oxygen atoms in total. The van der Waals surface area contributed by atoms with E-state index in [1.54, 1.807) is 0 Å². The molecule has 0 aromatic heterocycles. The van der Waals surface area contributed by atoms with Gasteiger partial charge in [-0.25, -0.2) is 4.79 Å². The number of ether oxygens (including phenoxy) is 1. The quantitative estimate of drug-likeness (QED) is 0.647. The Morgan fingerprint density at radius 2 is 1.77 bits per heavy atom. The van der Waals surface area contributed by atoms with Gasteiger partial charge in [0.05, 0.1) is 5.56 Å². The van der Waals surface area contributed by atoms with Gasteiger partial charge in [-0.1, -0.05) is 54.6 Å². The fourth-order valence-corrected chi connectivity index (χ4v) is 3.78. The zero-order valence-corrected chi connectivity index (χ0v) is 11.7. The average molecular weight is 288 g/mol. The van der Waals surface area contributed by atoms with Gasteiger partial charge in [-0.2, -0.15) is 0 Å². The predicted octanol–water partition coefficient (Wildman–Crippen LogP) is 3.11. The Morgan fingerprint density at radius 1 is 1.00 bits per heavy atom. The highest BCUT2D eigenvalue weighted by atomic mass is 16.7. The van der Waals surface area contributed by atoms with Crippen molar-refractivity contribution in [2.75, 3.05) is 0 Å². The molecule has 22 heavy (non-hydrogen) atoms. The fourth-order valence-electron chi connectivity index (χ4n) is 3.78. The minimum atomic E-state index is -1.65. The summed E-state index contributed by atoms with van der Waals surface area (Å²) in [5, 5.41) is 13.0. The Kier molecular flexibility index (Phi) is 2.04. The highest BCUT2D eigenvalue weighted by molar-refractivity contribution is 6.09. The van der Waals surface area contributed by atoms with Crippen molar-refractivity contribution in [3.8, 4) is 0 Å². The van der Waals surface area contributed by atoms with E-state index in [1.807, 2.05) is 48.5 Å². The molecular weight excluding hydrogens is 276 g/mol. The maximum atomic E-state index is 12.5. The van der Waals surface area contributed by atoms with Crippen LogP contribution in [-0.2, 0) is 16.9 Å². The summed E-state index contributed by atoms with van der Waals surface area (Å²) >= 11 is 0. The summed E-state index contributed by atoms with van der Waals surface area (Å²) in [6.07, 6.45) is 0.697. The molecular formula is C19H12O3. The van der Waals surface area contributed by atoms with Crippen molar-refractivity contribution in [1.82, 2.24) is 0 Å². The minimum absolute atomic E-state index is 0.452. The van der Waals surface area contributed by atoms with E-state index in [4.69, 9.17) is 4.74 Å². The second-order valence-electron chi connectivity index (χ2n) is 5.87. The number of hydrogen-bond donors (Lipinski definition) is 1. The van der Waals surface area contributed by atoms with E-state index < -0.39 is 11.8 Å². The topological polar surface area (TPSA) is 46.5 Å². The second kappa shape index (κ2) is 3.76. The van der Waals surface area contributed by atoms with Crippen LogP contribution in [0, 0.1) is 0 Å². The standard InChI is InChI=1S/C19H12O3/c20-18-16-14-7-3-1-5-11(14)9-13-10-12-6-2-4-8-15(12)19(21,22-18)17(13)16/h1-9,21H,10H2. The van der Waals surface area contributed by atoms with Gasteiger partial charge in [0.2, 0.25) is 0 Å². The van der Waals surface area contributed by atoms with E-state index in [1.165, 1.54) is 0 Å². The van der Waals surface area contributed by atoms with E-state index in [-0.39, 0.29) is 0 Å². The molecule has 0 bridgehead atoms. The van der Waals surface area contributed by atoms with Crippen molar-refractivity contribution < 1.29 is 14.6 Å². The first kappa shape index (κ1) is 12.0. The highest BCUT2D eigenvalue weighted by Crippen LogP contribution is 2.49. The third-order valence-electron chi connectivity index (χ3n) is 4.68. The van der Waals surface area contributed by atoms with Gasteiger partial charge in [-0.05, 0) is 28.3 Å². The number of esters is 1. The molecule has 1 atom stereocenters. The molecule has 106 valence electrons. The van der Waals surface area contributed by atoms with Crippen molar-refractivity contribution in [1.29, 1.82) is 0 Å². The van der Waals surface area contributed by atoms with Gasteiger partial charge in [0.25, 0.3) is 5.79 Å². The Morgan fingerprint density at radius 3 is 2.68 bits per heavy atom. The largest absolute Gasteiger partial charge is 0.421 e. The zero-order valence-electron chi connectivity index (χ0n) is 11.7. The highest BCUT2D eigenvalue weighted by Gasteiger charge is 2.51. The van der Waals surface area contributed by atoms with Crippen LogP contribution < -0.4 is 0 Å². The smallest absolute Gasteiger partial charge is 0.342 e. The van der Waals surface area contributed by atoms with Crippen LogP contribution in [0.1, 0.15) is 32.6 Å². The number of rotatable bonds is 0. The van der Waals surface area contributed by atoms with Gasteiger partial charge in [0.15, 0.2) is 0 Å². The van der Waals surface area contributed by atoms with Gasteiger partial charge >= 0.3 is 5.97 Å². The van der Waals surface area contributed by atoms with Gasteiger partial charge in [0.1, 0.15) is 0 Å². The number of aliphatic hydroxyl groups is 1. The Labute approximate surface area is 126 Å². The summed E-state index contributed by atoms with van der Waals surface area (Å²) in [4.78, 5) is 12.5. The first-order valence-corrected chi connectivity index (χ1v) is 7.28. The first-order valence-electron chi connectivity index (χ1n) is 7.28. The van der Waals surface area contributed by atoms with Crippen LogP contribution in [0.15, 0.2) is 54.6 Å². The van der Waals surface area contributed by atoms with E-state index in [0.29, 0.717) is 23.1 Å². The maximum Gasteiger partial charge on any atom is 0.342 e.